The van der Waals surface area contributed by atoms with Gasteiger partial charge in [-0.3, -0.25) is 4.98 Å². The molecule has 4 nitrogen and oxygen atoms in total. The van der Waals surface area contributed by atoms with Crippen LogP contribution < -0.4 is 14.8 Å². The van der Waals surface area contributed by atoms with Crippen molar-refractivity contribution in [3.8, 4) is 11.5 Å². The topological polar surface area (TPSA) is 43.4 Å². The standard InChI is InChI=1S/C30H26N2O2/c1-33-26-14-15-29-28(20-26)30(16-17-31-29)32-25-12-10-22(11-13-25)18-24-8-5-9-27(19-24)34-21-23-6-3-2-4-7-23/h2-17,19-20H,18,21H2,1H3,(H,31,32). The molecule has 1 heterocycles. The fourth-order valence-electron chi connectivity index (χ4n) is 3.94. The van der Waals surface area contributed by atoms with Crippen molar-refractivity contribution in [2.24, 2.45) is 0 Å². The minimum Gasteiger partial charge on any atom is -0.497 e. The minimum absolute atomic E-state index is 0.570. The van der Waals surface area contributed by atoms with E-state index in [9.17, 15) is 0 Å². The highest BCUT2D eigenvalue weighted by Crippen LogP contribution is 2.28. The molecule has 0 unspecified atom stereocenters. The Hall–Kier alpha value is -4.31. The van der Waals surface area contributed by atoms with Gasteiger partial charge in [0.1, 0.15) is 18.1 Å². The number of methoxy groups -OCH3 is 1. The van der Waals surface area contributed by atoms with E-state index >= 15 is 0 Å². The molecule has 0 spiro atoms. The van der Waals surface area contributed by atoms with E-state index < -0.39 is 0 Å². The van der Waals surface area contributed by atoms with E-state index in [0.717, 1.165) is 45.8 Å². The number of nitrogens with one attached hydrogen (secondary N) is 1. The third kappa shape index (κ3) is 5.18. The molecule has 1 N–H and O–H groups in total. The van der Waals surface area contributed by atoms with Crippen LogP contribution >= 0.6 is 0 Å². The lowest BCUT2D eigenvalue weighted by molar-refractivity contribution is 0.306. The Morgan fingerprint density at radius 2 is 1.53 bits per heavy atom. The van der Waals surface area contributed by atoms with Crippen LogP contribution in [0.5, 0.6) is 11.5 Å². The molecule has 4 aromatic carbocycles. The van der Waals surface area contributed by atoms with Crippen molar-refractivity contribution in [1.82, 2.24) is 4.98 Å². The average molecular weight is 447 g/mol. The molecule has 1 aromatic heterocycles. The molecule has 0 saturated heterocycles. The number of benzene rings is 4. The van der Waals surface area contributed by atoms with Gasteiger partial charge < -0.3 is 14.8 Å². The lowest BCUT2D eigenvalue weighted by Crippen LogP contribution is -1.96. The van der Waals surface area contributed by atoms with Gasteiger partial charge in [-0.15, -0.1) is 0 Å². The molecule has 4 heteroatoms. The van der Waals surface area contributed by atoms with Crippen LogP contribution in [-0.4, -0.2) is 12.1 Å². The maximum atomic E-state index is 5.98. The lowest BCUT2D eigenvalue weighted by Gasteiger charge is -2.12. The Bertz CT molecular complexity index is 1380. The van der Waals surface area contributed by atoms with Gasteiger partial charge in [-0.05, 0) is 71.6 Å². The van der Waals surface area contributed by atoms with Gasteiger partial charge in [0.15, 0.2) is 0 Å². The summed E-state index contributed by atoms with van der Waals surface area (Å²) >= 11 is 0. The largest absolute Gasteiger partial charge is 0.497 e. The van der Waals surface area contributed by atoms with E-state index in [4.69, 9.17) is 9.47 Å². The summed E-state index contributed by atoms with van der Waals surface area (Å²) in [5, 5.41) is 4.54. The lowest BCUT2D eigenvalue weighted by atomic mass is 10.0. The second-order valence-corrected chi connectivity index (χ2v) is 8.16. The van der Waals surface area contributed by atoms with Gasteiger partial charge in [-0.25, -0.2) is 0 Å². The highest BCUT2D eigenvalue weighted by atomic mass is 16.5. The van der Waals surface area contributed by atoms with Crippen molar-refractivity contribution in [1.29, 1.82) is 0 Å². The van der Waals surface area contributed by atoms with Crippen LogP contribution in [0, 0.1) is 0 Å². The van der Waals surface area contributed by atoms with Gasteiger partial charge in [0.25, 0.3) is 0 Å². The second kappa shape index (κ2) is 10.1. The molecule has 168 valence electrons. The first-order valence-corrected chi connectivity index (χ1v) is 11.3. The Kier molecular flexibility index (Phi) is 6.39. The maximum absolute atomic E-state index is 5.98. The number of fused-ring (bicyclic) bond motifs is 1. The minimum atomic E-state index is 0.570. The quantitative estimate of drug-likeness (QED) is 0.275. The number of anilines is 2. The van der Waals surface area contributed by atoms with Crippen LogP contribution in [0.25, 0.3) is 10.9 Å². The molecule has 0 atom stereocenters. The Morgan fingerprint density at radius 1 is 0.706 bits per heavy atom. The summed E-state index contributed by atoms with van der Waals surface area (Å²) in [5.41, 5.74) is 6.58. The van der Waals surface area contributed by atoms with Crippen molar-refractivity contribution >= 4 is 22.3 Å². The SMILES string of the molecule is COc1ccc2nccc(Nc3ccc(Cc4cccc(OCc5ccccc5)c4)cc3)c2c1. The molecule has 34 heavy (non-hydrogen) atoms. The molecule has 0 radical (unpaired) electrons. The fraction of sp³-hybridized carbons (Fsp3) is 0.100. The van der Waals surface area contributed by atoms with Gasteiger partial charge in [0, 0.05) is 23.0 Å². The predicted molar refractivity (Wildman–Crippen MR) is 138 cm³/mol. The average Bonchev–Trinajstić information content (AvgIpc) is 2.89. The summed E-state index contributed by atoms with van der Waals surface area (Å²) in [5.74, 6) is 1.70. The molecular formula is C30H26N2O2. The number of hydrogen-bond acceptors (Lipinski definition) is 4. The molecule has 0 aliphatic rings. The number of aromatic nitrogens is 1. The third-order valence-corrected chi connectivity index (χ3v) is 5.74. The van der Waals surface area contributed by atoms with Crippen molar-refractivity contribution in [2.45, 2.75) is 13.0 Å². The molecule has 5 aromatic rings. The monoisotopic (exact) mass is 446 g/mol. The smallest absolute Gasteiger partial charge is 0.120 e. The van der Waals surface area contributed by atoms with E-state index in [1.807, 2.05) is 54.7 Å². The van der Waals surface area contributed by atoms with Crippen molar-refractivity contribution in [2.75, 3.05) is 12.4 Å². The van der Waals surface area contributed by atoms with E-state index in [0.29, 0.717) is 6.61 Å². The summed E-state index contributed by atoms with van der Waals surface area (Å²) < 4.78 is 11.4. The fourth-order valence-corrected chi connectivity index (χ4v) is 3.94. The number of nitrogens with zero attached hydrogens (tertiary/aromatic N) is 1. The molecular weight excluding hydrogens is 420 g/mol. The zero-order valence-electron chi connectivity index (χ0n) is 19.1. The summed E-state index contributed by atoms with van der Waals surface area (Å²) in [7, 11) is 1.68. The first-order chi connectivity index (χ1) is 16.8. The number of rotatable bonds is 8. The van der Waals surface area contributed by atoms with Crippen molar-refractivity contribution < 1.29 is 9.47 Å². The van der Waals surface area contributed by atoms with Crippen LogP contribution in [0.4, 0.5) is 11.4 Å². The number of hydrogen-bond donors (Lipinski definition) is 1. The van der Waals surface area contributed by atoms with Crippen molar-refractivity contribution in [3.05, 3.63) is 126 Å². The number of pyridine rings is 1. The van der Waals surface area contributed by atoms with Gasteiger partial charge in [-0.2, -0.15) is 0 Å². The third-order valence-electron chi connectivity index (χ3n) is 5.74. The van der Waals surface area contributed by atoms with E-state index in [-0.39, 0.29) is 0 Å². The first-order valence-electron chi connectivity index (χ1n) is 11.3. The Balaban J connectivity index is 1.26. The van der Waals surface area contributed by atoms with Gasteiger partial charge >= 0.3 is 0 Å². The second-order valence-electron chi connectivity index (χ2n) is 8.16. The summed E-state index contributed by atoms with van der Waals surface area (Å²) in [4.78, 5) is 4.45. The van der Waals surface area contributed by atoms with Crippen LogP contribution in [-0.2, 0) is 13.0 Å². The molecule has 0 aliphatic heterocycles. The molecule has 0 amide bonds. The summed E-state index contributed by atoms with van der Waals surface area (Å²) in [6, 6.07) is 35.0. The van der Waals surface area contributed by atoms with E-state index in [1.165, 1.54) is 11.1 Å². The van der Waals surface area contributed by atoms with Gasteiger partial charge in [-0.1, -0.05) is 54.6 Å². The molecule has 0 aliphatic carbocycles. The molecule has 0 saturated carbocycles. The van der Waals surface area contributed by atoms with E-state index in [2.05, 4.69) is 64.9 Å². The molecule has 5 rings (SSSR count). The van der Waals surface area contributed by atoms with Crippen LogP contribution in [0.1, 0.15) is 16.7 Å². The van der Waals surface area contributed by atoms with Gasteiger partial charge in [0.2, 0.25) is 0 Å². The number of ether oxygens (including phenoxy) is 2. The Labute approximate surface area is 199 Å². The predicted octanol–water partition coefficient (Wildman–Crippen LogP) is 7.16. The van der Waals surface area contributed by atoms with Crippen LogP contribution in [0.15, 0.2) is 109 Å². The maximum Gasteiger partial charge on any atom is 0.120 e. The zero-order valence-corrected chi connectivity index (χ0v) is 19.1. The normalized spacial score (nSPS) is 10.7. The zero-order chi connectivity index (χ0) is 23.2. The molecule has 0 bridgehead atoms. The van der Waals surface area contributed by atoms with E-state index in [1.54, 1.807) is 7.11 Å². The first kappa shape index (κ1) is 21.5. The summed E-state index contributed by atoms with van der Waals surface area (Å²) in [6.45, 7) is 0.570. The van der Waals surface area contributed by atoms with Gasteiger partial charge in [0.05, 0.1) is 12.6 Å². The summed E-state index contributed by atoms with van der Waals surface area (Å²) in [6.07, 6.45) is 2.66. The molecule has 0 fully saturated rings. The van der Waals surface area contributed by atoms with Crippen LogP contribution in [0.2, 0.25) is 0 Å². The Morgan fingerprint density at radius 3 is 2.35 bits per heavy atom. The highest BCUT2D eigenvalue weighted by Gasteiger charge is 2.05. The van der Waals surface area contributed by atoms with Crippen LogP contribution in [0.3, 0.4) is 0 Å². The van der Waals surface area contributed by atoms with Crippen molar-refractivity contribution in [3.63, 3.8) is 0 Å². The highest BCUT2D eigenvalue weighted by molar-refractivity contribution is 5.93.